The summed E-state index contributed by atoms with van der Waals surface area (Å²) in [5, 5.41) is 0.709. The van der Waals surface area contributed by atoms with Crippen LogP contribution in [0.1, 0.15) is 47.1 Å². The number of imide groups is 1. The van der Waals surface area contributed by atoms with Crippen molar-refractivity contribution in [2.45, 2.75) is 59.2 Å². The molecule has 6 heteroatoms. The van der Waals surface area contributed by atoms with Crippen LogP contribution in [0.5, 0.6) is 0 Å². The number of aryl methyl sites for hydroxylation is 1. The highest BCUT2D eigenvalue weighted by molar-refractivity contribution is 9.09. The van der Waals surface area contributed by atoms with Gasteiger partial charge in [-0.2, -0.15) is 4.90 Å². The average Bonchev–Trinajstić information content (AvgIpc) is 2.37. The molecule has 0 aliphatic rings. The van der Waals surface area contributed by atoms with Crippen LogP contribution in [0.25, 0.3) is 0 Å². The van der Waals surface area contributed by atoms with Crippen molar-refractivity contribution in [2.75, 3.05) is 10.2 Å². The SMILES string of the molecule is CC(C)(C)OC(=O)N(C(=O)OC(C)(C)C)c1ccccc1CCBr. The highest BCUT2D eigenvalue weighted by atomic mass is 79.9. The Kier molecular flexibility index (Phi) is 6.84. The summed E-state index contributed by atoms with van der Waals surface area (Å²) in [6.07, 6.45) is -0.837. The monoisotopic (exact) mass is 399 g/mol. The molecule has 0 aliphatic heterocycles. The Hall–Kier alpha value is -1.56. The quantitative estimate of drug-likeness (QED) is 0.646. The third kappa shape index (κ3) is 6.51. The molecule has 0 spiro atoms. The highest BCUT2D eigenvalue weighted by Crippen LogP contribution is 2.26. The first-order valence-electron chi connectivity index (χ1n) is 7.84. The number of alkyl halides is 1. The van der Waals surface area contributed by atoms with Crippen molar-refractivity contribution in [1.82, 2.24) is 0 Å². The van der Waals surface area contributed by atoms with E-state index in [1.165, 1.54) is 0 Å². The molecule has 134 valence electrons. The molecule has 0 N–H and O–H groups in total. The molecule has 0 unspecified atom stereocenters. The van der Waals surface area contributed by atoms with Crippen LogP contribution in [-0.2, 0) is 15.9 Å². The van der Waals surface area contributed by atoms with Crippen molar-refractivity contribution in [2.24, 2.45) is 0 Å². The van der Waals surface area contributed by atoms with Crippen molar-refractivity contribution in [3.63, 3.8) is 0 Å². The normalized spacial score (nSPS) is 11.8. The molecule has 0 heterocycles. The molecule has 1 aromatic carbocycles. The van der Waals surface area contributed by atoms with E-state index in [1.54, 1.807) is 53.7 Å². The molecule has 0 atom stereocenters. The Bertz CT molecular complexity index is 559. The molecule has 0 saturated carbocycles. The lowest BCUT2D eigenvalue weighted by atomic mass is 10.1. The number of benzene rings is 1. The summed E-state index contributed by atoms with van der Waals surface area (Å²) >= 11 is 3.39. The van der Waals surface area contributed by atoms with E-state index in [4.69, 9.17) is 9.47 Å². The van der Waals surface area contributed by atoms with Gasteiger partial charge in [0, 0.05) is 5.33 Å². The van der Waals surface area contributed by atoms with E-state index in [0.717, 1.165) is 10.5 Å². The number of carbonyl (C=O) groups excluding carboxylic acids is 2. The van der Waals surface area contributed by atoms with Gasteiger partial charge in [-0.05, 0) is 59.6 Å². The van der Waals surface area contributed by atoms with E-state index in [-0.39, 0.29) is 0 Å². The van der Waals surface area contributed by atoms with Crippen molar-refractivity contribution in [1.29, 1.82) is 0 Å². The zero-order chi connectivity index (χ0) is 18.5. The maximum atomic E-state index is 12.6. The third-order valence-corrected chi connectivity index (χ3v) is 3.14. The van der Waals surface area contributed by atoms with E-state index in [9.17, 15) is 9.59 Å². The maximum Gasteiger partial charge on any atom is 0.424 e. The number of amides is 2. The van der Waals surface area contributed by atoms with Gasteiger partial charge in [-0.1, -0.05) is 34.1 Å². The number of hydrogen-bond acceptors (Lipinski definition) is 4. The minimum atomic E-state index is -0.751. The fourth-order valence-electron chi connectivity index (χ4n) is 1.93. The predicted molar refractivity (Wildman–Crippen MR) is 98.9 cm³/mol. The molecule has 24 heavy (non-hydrogen) atoms. The molecule has 0 saturated heterocycles. The lowest BCUT2D eigenvalue weighted by Gasteiger charge is -2.29. The lowest BCUT2D eigenvalue weighted by molar-refractivity contribution is 0.0430. The average molecular weight is 400 g/mol. The second-order valence-corrected chi connectivity index (χ2v) is 8.16. The first kappa shape index (κ1) is 20.5. The van der Waals surface area contributed by atoms with E-state index < -0.39 is 23.4 Å². The summed E-state index contributed by atoms with van der Waals surface area (Å²) in [5.74, 6) is 0. The first-order valence-corrected chi connectivity index (χ1v) is 8.97. The van der Waals surface area contributed by atoms with Gasteiger partial charge in [-0.25, -0.2) is 9.59 Å². The lowest BCUT2D eigenvalue weighted by Crippen LogP contribution is -2.44. The molecule has 0 radical (unpaired) electrons. The molecule has 0 fully saturated rings. The maximum absolute atomic E-state index is 12.6. The zero-order valence-electron chi connectivity index (χ0n) is 15.2. The highest BCUT2D eigenvalue weighted by Gasteiger charge is 2.33. The molecule has 1 rings (SSSR count). The molecular weight excluding hydrogens is 374 g/mol. The third-order valence-electron chi connectivity index (χ3n) is 2.75. The fourth-order valence-corrected chi connectivity index (χ4v) is 2.36. The van der Waals surface area contributed by atoms with Crippen LogP contribution in [0.3, 0.4) is 0 Å². The minimum absolute atomic E-state index is 0.473. The van der Waals surface area contributed by atoms with Gasteiger partial charge >= 0.3 is 12.2 Å². The zero-order valence-corrected chi connectivity index (χ0v) is 16.8. The van der Waals surface area contributed by atoms with Gasteiger partial charge in [0.15, 0.2) is 0 Å². The van der Waals surface area contributed by atoms with E-state index in [0.29, 0.717) is 17.4 Å². The van der Waals surface area contributed by atoms with Gasteiger partial charge in [0.05, 0.1) is 5.69 Å². The Morgan fingerprint density at radius 3 is 1.83 bits per heavy atom. The smallest absolute Gasteiger partial charge is 0.424 e. The van der Waals surface area contributed by atoms with Crippen LogP contribution in [-0.4, -0.2) is 28.7 Å². The largest absolute Gasteiger partial charge is 0.443 e. The summed E-state index contributed by atoms with van der Waals surface area (Å²) in [7, 11) is 0. The first-order chi connectivity index (χ1) is 10.9. The van der Waals surface area contributed by atoms with Crippen LogP contribution in [0.15, 0.2) is 24.3 Å². The van der Waals surface area contributed by atoms with Gasteiger partial charge < -0.3 is 9.47 Å². The summed E-state index contributed by atoms with van der Waals surface area (Å²) in [6, 6.07) is 7.23. The number of hydrogen-bond donors (Lipinski definition) is 0. The van der Waals surface area contributed by atoms with Gasteiger partial charge in [-0.15, -0.1) is 0 Å². The number of carbonyl (C=O) groups is 2. The van der Waals surface area contributed by atoms with Crippen LogP contribution in [0.2, 0.25) is 0 Å². The number of rotatable bonds is 3. The fraction of sp³-hybridized carbons (Fsp3) is 0.556. The van der Waals surface area contributed by atoms with Crippen molar-refractivity contribution >= 4 is 33.8 Å². The van der Waals surface area contributed by atoms with Gasteiger partial charge in [0.2, 0.25) is 0 Å². The van der Waals surface area contributed by atoms with E-state index >= 15 is 0 Å². The number of para-hydroxylation sites is 1. The summed E-state index contributed by atoms with van der Waals surface area (Å²) in [6.45, 7) is 10.5. The second kappa shape index (κ2) is 8.01. The Balaban J connectivity index is 3.28. The summed E-state index contributed by atoms with van der Waals surface area (Å²) in [4.78, 5) is 26.2. The second-order valence-electron chi connectivity index (χ2n) is 7.36. The van der Waals surface area contributed by atoms with Gasteiger partial charge in [0.25, 0.3) is 0 Å². The van der Waals surface area contributed by atoms with Crippen LogP contribution < -0.4 is 4.90 Å². The summed E-state index contributed by atoms with van der Waals surface area (Å²) < 4.78 is 10.8. The Morgan fingerprint density at radius 1 is 0.958 bits per heavy atom. The van der Waals surface area contributed by atoms with Crippen molar-refractivity contribution in [3.8, 4) is 0 Å². The minimum Gasteiger partial charge on any atom is -0.443 e. The van der Waals surface area contributed by atoms with Crippen molar-refractivity contribution in [3.05, 3.63) is 29.8 Å². The Morgan fingerprint density at radius 2 is 1.42 bits per heavy atom. The number of ether oxygens (including phenoxy) is 2. The topological polar surface area (TPSA) is 55.8 Å². The van der Waals surface area contributed by atoms with Crippen LogP contribution in [0.4, 0.5) is 15.3 Å². The molecule has 2 amide bonds. The van der Waals surface area contributed by atoms with Gasteiger partial charge in [-0.3, -0.25) is 0 Å². The molecule has 1 aromatic rings. The van der Waals surface area contributed by atoms with Crippen LogP contribution >= 0.6 is 15.9 Å². The molecule has 5 nitrogen and oxygen atoms in total. The predicted octanol–water partition coefficient (Wildman–Crippen LogP) is 5.30. The van der Waals surface area contributed by atoms with Crippen molar-refractivity contribution < 1.29 is 19.1 Å². The number of anilines is 1. The standard InChI is InChI=1S/C18H26BrNO4/c1-17(2,3)23-15(21)20(16(22)24-18(4,5)6)14-10-8-7-9-13(14)11-12-19/h7-10H,11-12H2,1-6H3. The molecule has 0 bridgehead atoms. The molecule has 0 aromatic heterocycles. The van der Waals surface area contributed by atoms with E-state index in [1.807, 2.05) is 12.1 Å². The van der Waals surface area contributed by atoms with Gasteiger partial charge in [0.1, 0.15) is 11.2 Å². The molecule has 0 aliphatic carbocycles. The van der Waals surface area contributed by atoms with Crippen LogP contribution in [0, 0.1) is 0 Å². The molecular formula is C18H26BrNO4. The number of nitrogens with zero attached hydrogens (tertiary/aromatic N) is 1. The number of halogens is 1. The Labute approximate surface area is 152 Å². The van der Waals surface area contributed by atoms with E-state index in [2.05, 4.69) is 15.9 Å². The summed E-state index contributed by atoms with van der Waals surface area (Å²) in [5.41, 5.74) is -0.116.